The van der Waals surface area contributed by atoms with Crippen LogP contribution in [-0.4, -0.2) is 72.7 Å². The molecule has 8 heteroatoms. The number of hydrogen-bond donors (Lipinski definition) is 3. The second-order valence-electron chi connectivity index (χ2n) is 5.32. The fraction of sp³-hybridized carbons (Fsp3) is 0.769. The van der Waals surface area contributed by atoms with E-state index in [0.29, 0.717) is 6.54 Å². The molecule has 2 fully saturated rings. The molecule has 2 saturated heterocycles. The standard InChI is InChI=1S/C13H21N3O5/c1-2-3-16(10-7-21-6-8(10)13(19)20)12(18)9-4-15-11(17)5-14-9/h8-10,14H,2-7H2,1H3,(H,15,17)(H,19,20). The number of rotatable bonds is 5. The molecule has 3 N–H and O–H groups in total. The SMILES string of the molecule is CCCN(C(=O)C1CNC(=O)CN1)C1COCC1C(=O)O. The Hall–Kier alpha value is -1.67. The van der Waals surface area contributed by atoms with Crippen LogP contribution in [0.3, 0.4) is 0 Å². The van der Waals surface area contributed by atoms with E-state index in [1.165, 1.54) is 0 Å². The number of carboxylic acids is 1. The van der Waals surface area contributed by atoms with E-state index in [4.69, 9.17) is 4.74 Å². The lowest BCUT2D eigenvalue weighted by atomic mass is 10.0. The van der Waals surface area contributed by atoms with Crippen molar-refractivity contribution in [1.82, 2.24) is 15.5 Å². The second-order valence-corrected chi connectivity index (χ2v) is 5.32. The van der Waals surface area contributed by atoms with Gasteiger partial charge in [-0.3, -0.25) is 19.7 Å². The van der Waals surface area contributed by atoms with Crippen LogP contribution < -0.4 is 10.6 Å². The van der Waals surface area contributed by atoms with Gasteiger partial charge in [-0.15, -0.1) is 0 Å². The number of ether oxygens (including phenoxy) is 1. The lowest BCUT2D eigenvalue weighted by Gasteiger charge is -2.34. The molecule has 2 rings (SSSR count). The Morgan fingerprint density at radius 1 is 1.43 bits per heavy atom. The zero-order valence-electron chi connectivity index (χ0n) is 12.0. The summed E-state index contributed by atoms with van der Waals surface area (Å²) >= 11 is 0. The van der Waals surface area contributed by atoms with Crippen molar-refractivity contribution in [2.45, 2.75) is 25.4 Å². The maximum Gasteiger partial charge on any atom is 0.311 e. The smallest absolute Gasteiger partial charge is 0.311 e. The summed E-state index contributed by atoms with van der Waals surface area (Å²) in [6.45, 7) is 3.10. The van der Waals surface area contributed by atoms with Gasteiger partial charge in [0.25, 0.3) is 0 Å². The van der Waals surface area contributed by atoms with E-state index in [1.54, 1.807) is 4.90 Å². The Morgan fingerprint density at radius 2 is 2.19 bits per heavy atom. The number of piperazine rings is 1. The van der Waals surface area contributed by atoms with Crippen LogP contribution in [0.5, 0.6) is 0 Å². The maximum atomic E-state index is 12.6. The molecule has 118 valence electrons. The predicted molar refractivity (Wildman–Crippen MR) is 72.5 cm³/mol. The highest BCUT2D eigenvalue weighted by atomic mass is 16.5. The summed E-state index contributed by atoms with van der Waals surface area (Å²) in [5.41, 5.74) is 0. The van der Waals surface area contributed by atoms with Crippen molar-refractivity contribution in [3.63, 3.8) is 0 Å². The molecule has 0 aromatic heterocycles. The van der Waals surface area contributed by atoms with Crippen LogP contribution in [0.25, 0.3) is 0 Å². The van der Waals surface area contributed by atoms with E-state index in [0.717, 1.165) is 6.42 Å². The predicted octanol–water partition coefficient (Wildman–Crippen LogP) is -1.59. The molecule has 0 spiro atoms. The van der Waals surface area contributed by atoms with Gasteiger partial charge in [-0.25, -0.2) is 0 Å². The molecular formula is C13H21N3O5. The molecule has 8 nitrogen and oxygen atoms in total. The van der Waals surface area contributed by atoms with E-state index < -0.39 is 24.0 Å². The van der Waals surface area contributed by atoms with Crippen LogP contribution in [0.15, 0.2) is 0 Å². The maximum absolute atomic E-state index is 12.6. The lowest BCUT2D eigenvalue weighted by molar-refractivity contribution is -0.145. The summed E-state index contributed by atoms with van der Waals surface area (Å²) < 4.78 is 5.25. The Labute approximate surface area is 122 Å². The summed E-state index contributed by atoms with van der Waals surface area (Å²) in [6, 6.07) is -0.960. The average molecular weight is 299 g/mol. The topological polar surface area (TPSA) is 108 Å². The molecular weight excluding hydrogens is 278 g/mol. The first-order chi connectivity index (χ1) is 10.0. The summed E-state index contributed by atoms with van der Waals surface area (Å²) in [6.07, 6.45) is 0.730. The summed E-state index contributed by atoms with van der Waals surface area (Å²) in [5.74, 6) is -1.97. The minimum Gasteiger partial charge on any atom is -0.481 e. The number of nitrogens with one attached hydrogen (secondary N) is 2. The minimum atomic E-state index is -0.948. The highest BCUT2D eigenvalue weighted by Crippen LogP contribution is 2.21. The van der Waals surface area contributed by atoms with Gasteiger partial charge in [0.15, 0.2) is 0 Å². The molecule has 0 saturated carbocycles. The molecule has 2 aliphatic heterocycles. The van der Waals surface area contributed by atoms with E-state index in [2.05, 4.69) is 10.6 Å². The van der Waals surface area contributed by atoms with Gasteiger partial charge in [-0.2, -0.15) is 0 Å². The summed E-state index contributed by atoms with van der Waals surface area (Å²) in [4.78, 5) is 36.6. The van der Waals surface area contributed by atoms with E-state index in [9.17, 15) is 19.5 Å². The number of amides is 2. The van der Waals surface area contributed by atoms with Crippen LogP contribution in [0.4, 0.5) is 0 Å². The number of carbonyl (C=O) groups is 3. The van der Waals surface area contributed by atoms with E-state index >= 15 is 0 Å². The zero-order valence-corrected chi connectivity index (χ0v) is 12.0. The third-order valence-corrected chi connectivity index (χ3v) is 3.83. The van der Waals surface area contributed by atoms with Gasteiger partial charge < -0.3 is 20.1 Å². The third-order valence-electron chi connectivity index (χ3n) is 3.83. The first kappa shape index (κ1) is 15.7. The molecule has 0 bridgehead atoms. The Balaban J connectivity index is 2.08. The fourth-order valence-corrected chi connectivity index (χ4v) is 2.71. The Bertz CT molecular complexity index is 418. The van der Waals surface area contributed by atoms with Crippen molar-refractivity contribution in [3.05, 3.63) is 0 Å². The molecule has 2 heterocycles. The van der Waals surface area contributed by atoms with Crippen molar-refractivity contribution in [3.8, 4) is 0 Å². The van der Waals surface area contributed by atoms with E-state index in [1.807, 2.05) is 6.92 Å². The van der Waals surface area contributed by atoms with Crippen LogP contribution >= 0.6 is 0 Å². The van der Waals surface area contributed by atoms with Gasteiger partial charge in [0.2, 0.25) is 11.8 Å². The van der Waals surface area contributed by atoms with Gasteiger partial charge >= 0.3 is 5.97 Å². The molecule has 21 heavy (non-hydrogen) atoms. The Morgan fingerprint density at radius 3 is 2.76 bits per heavy atom. The lowest BCUT2D eigenvalue weighted by Crippen LogP contribution is -2.61. The molecule has 0 aromatic rings. The summed E-state index contributed by atoms with van der Waals surface area (Å²) in [7, 11) is 0. The number of carbonyl (C=O) groups excluding carboxylic acids is 2. The number of carboxylic acid groups (broad SMARTS) is 1. The van der Waals surface area contributed by atoms with Gasteiger partial charge in [0.05, 0.1) is 25.8 Å². The largest absolute Gasteiger partial charge is 0.481 e. The van der Waals surface area contributed by atoms with Crippen molar-refractivity contribution in [2.24, 2.45) is 5.92 Å². The first-order valence-electron chi connectivity index (χ1n) is 7.15. The van der Waals surface area contributed by atoms with Gasteiger partial charge in [-0.1, -0.05) is 6.92 Å². The molecule has 0 radical (unpaired) electrons. The van der Waals surface area contributed by atoms with Crippen LogP contribution in [-0.2, 0) is 19.1 Å². The van der Waals surface area contributed by atoms with E-state index in [-0.39, 0.29) is 38.1 Å². The normalized spacial score (nSPS) is 29.0. The van der Waals surface area contributed by atoms with Crippen molar-refractivity contribution >= 4 is 17.8 Å². The zero-order chi connectivity index (χ0) is 15.4. The molecule has 0 aliphatic carbocycles. The molecule has 2 aliphatic rings. The fourth-order valence-electron chi connectivity index (χ4n) is 2.71. The highest BCUT2D eigenvalue weighted by Gasteiger charge is 2.41. The van der Waals surface area contributed by atoms with Crippen LogP contribution in [0.1, 0.15) is 13.3 Å². The first-order valence-corrected chi connectivity index (χ1v) is 7.15. The minimum absolute atomic E-state index is 0.0971. The monoisotopic (exact) mass is 299 g/mol. The summed E-state index contributed by atoms with van der Waals surface area (Å²) in [5, 5.41) is 14.8. The van der Waals surface area contributed by atoms with Gasteiger partial charge in [0.1, 0.15) is 12.0 Å². The highest BCUT2D eigenvalue weighted by molar-refractivity contribution is 5.87. The van der Waals surface area contributed by atoms with Crippen molar-refractivity contribution in [1.29, 1.82) is 0 Å². The van der Waals surface area contributed by atoms with Crippen molar-refractivity contribution < 1.29 is 24.2 Å². The molecule has 0 aromatic carbocycles. The number of nitrogens with zero attached hydrogens (tertiary/aromatic N) is 1. The molecule has 3 unspecified atom stereocenters. The average Bonchev–Trinajstić information content (AvgIpc) is 2.94. The molecule has 2 amide bonds. The third kappa shape index (κ3) is 3.51. The second kappa shape index (κ2) is 6.86. The number of hydrogen-bond acceptors (Lipinski definition) is 5. The number of aliphatic carboxylic acids is 1. The van der Waals surface area contributed by atoms with Gasteiger partial charge in [-0.05, 0) is 6.42 Å². The quantitative estimate of drug-likeness (QED) is 0.565. The van der Waals surface area contributed by atoms with Crippen LogP contribution in [0, 0.1) is 5.92 Å². The molecule has 3 atom stereocenters. The Kier molecular flexibility index (Phi) is 5.13. The van der Waals surface area contributed by atoms with Crippen molar-refractivity contribution in [2.75, 3.05) is 32.8 Å². The van der Waals surface area contributed by atoms with Crippen LogP contribution in [0.2, 0.25) is 0 Å². The van der Waals surface area contributed by atoms with Gasteiger partial charge in [0, 0.05) is 13.1 Å².